The molecule has 1 aromatic carbocycles. The normalized spacial score (nSPS) is 11.1. The Bertz CT molecular complexity index is 1210. The minimum Gasteiger partial charge on any atom is -0.341 e. The molecule has 0 unspecified atom stereocenters. The molecule has 4 aromatic rings. The van der Waals surface area contributed by atoms with Crippen molar-refractivity contribution in [1.82, 2.24) is 24.6 Å². The number of carbonyl (C=O) groups excluding carboxylic acids is 1. The quantitative estimate of drug-likeness (QED) is 0.510. The van der Waals surface area contributed by atoms with Crippen molar-refractivity contribution in [3.05, 3.63) is 77.4 Å². The van der Waals surface area contributed by atoms with Crippen molar-refractivity contribution >= 4 is 16.8 Å². The molecule has 0 radical (unpaired) electrons. The molecule has 0 saturated carbocycles. The molecule has 3 aromatic heterocycles. The van der Waals surface area contributed by atoms with E-state index in [0.29, 0.717) is 18.5 Å². The van der Waals surface area contributed by atoms with Gasteiger partial charge in [-0.3, -0.25) is 14.5 Å². The molecule has 6 heteroatoms. The number of hydrogen-bond acceptors (Lipinski definition) is 4. The van der Waals surface area contributed by atoms with E-state index in [2.05, 4.69) is 23.9 Å². The molecule has 152 valence electrons. The number of amides is 1. The number of rotatable bonds is 5. The largest absolute Gasteiger partial charge is 0.341 e. The van der Waals surface area contributed by atoms with Crippen LogP contribution in [-0.2, 0) is 13.5 Å². The first-order chi connectivity index (χ1) is 14.4. The molecule has 0 N–H and O–H groups in total. The van der Waals surface area contributed by atoms with E-state index in [4.69, 9.17) is 4.98 Å². The zero-order valence-electron chi connectivity index (χ0n) is 17.8. The fourth-order valence-electron chi connectivity index (χ4n) is 3.54. The Morgan fingerprint density at radius 3 is 2.70 bits per heavy atom. The number of aryl methyl sites for hydroxylation is 3. The summed E-state index contributed by atoms with van der Waals surface area (Å²) in [6, 6.07) is 11.8. The van der Waals surface area contributed by atoms with E-state index >= 15 is 0 Å². The summed E-state index contributed by atoms with van der Waals surface area (Å²) >= 11 is 0. The Morgan fingerprint density at radius 1 is 1.17 bits per heavy atom. The Kier molecular flexibility index (Phi) is 5.31. The van der Waals surface area contributed by atoms with E-state index in [1.807, 2.05) is 56.7 Å². The molecule has 0 aliphatic carbocycles. The lowest BCUT2D eigenvalue weighted by atomic mass is 9.99. The van der Waals surface area contributed by atoms with Gasteiger partial charge in [-0.2, -0.15) is 5.10 Å². The third kappa shape index (κ3) is 3.81. The second-order valence-electron chi connectivity index (χ2n) is 7.66. The molecule has 6 nitrogen and oxygen atoms in total. The van der Waals surface area contributed by atoms with Gasteiger partial charge in [-0.1, -0.05) is 18.2 Å². The highest BCUT2D eigenvalue weighted by molar-refractivity contribution is 6.07. The molecule has 30 heavy (non-hydrogen) atoms. The molecule has 0 saturated heterocycles. The van der Waals surface area contributed by atoms with Gasteiger partial charge in [0.2, 0.25) is 0 Å². The monoisotopic (exact) mass is 399 g/mol. The van der Waals surface area contributed by atoms with Crippen LogP contribution in [0.15, 0.2) is 55.0 Å². The second kappa shape index (κ2) is 8.06. The molecular weight excluding hydrogens is 374 g/mol. The molecule has 0 atom stereocenters. The number of likely N-dealkylation sites (N-methyl/N-ethyl adjacent to an activating group) is 1. The minimum absolute atomic E-state index is 0.0216. The van der Waals surface area contributed by atoms with E-state index in [9.17, 15) is 4.79 Å². The van der Waals surface area contributed by atoms with Crippen molar-refractivity contribution in [2.24, 2.45) is 7.05 Å². The summed E-state index contributed by atoms with van der Waals surface area (Å²) in [5.41, 5.74) is 6.38. The maximum absolute atomic E-state index is 13.4. The van der Waals surface area contributed by atoms with Crippen LogP contribution in [0.25, 0.3) is 22.2 Å². The van der Waals surface area contributed by atoms with Crippen LogP contribution < -0.4 is 0 Å². The number of hydrogen-bond donors (Lipinski definition) is 0. The lowest BCUT2D eigenvalue weighted by Crippen LogP contribution is -2.29. The van der Waals surface area contributed by atoms with Gasteiger partial charge in [0.1, 0.15) is 0 Å². The molecule has 0 fully saturated rings. The fourth-order valence-corrected chi connectivity index (χ4v) is 3.54. The highest BCUT2D eigenvalue weighted by Gasteiger charge is 2.19. The maximum Gasteiger partial charge on any atom is 0.254 e. The van der Waals surface area contributed by atoms with Crippen molar-refractivity contribution in [2.45, 2.75) is 20.3 Å². The summed E-state index contributed by atoms with van der Waals surface area (Å²) in [7, 11) is 3.71. The molecule has 0 spiro atoms. The lowest BCUT2D eigenvalue weighted by molar-refractivity contribution is 0.0798. The smallest absolute Gasteiger partial charge is 0.254 e. The van der Waals surface area contributed by atoms with Crippen molar-refractivity contribution in [3.8, 4) is 11.3 Å². The van der Waals surface area contributed by atoms with E-state index in [1.54, 1.807) is 22.0 Å². The third-order valence-corrected chi connectivity index (χ3v) is 5.51. The third-order valence-electron chi connectivity index (χ3n) is 5.51. The molecular formula is C24H25N5O. The minimum atomic E-state index is -0.0216. The highest BCUT2D eigenvalue weighted by atomic mass is 16.2. The van der Waals surface area contributed by atoms with E-state index in [1.165, 1.54) is 0 Å². The molecule has 3 heterocycles. The fraction of sp³-hybridized carbons (Fsp3) is 0.250. The van der Waals surface area contributed by atoms with Gasteiger partial charge in [-0.15, -0.1) is 0 Å². The van der Waals surface area contributed by atoms with Crippen molar-refractivity contribution < 1.29 is 4.79 Å². The maximum atomic E-state index is 13.4. The number of carbonyl (C=O) groups is 1. The van der Waals surface area contributed by atoms with Crippen molar-refractivity contribution in [3.63, 3.8) is 0 Å². The Labute approximate surface area is 176 Å². The molecule has 1 amide bonds. The van der Waals surface area contributed by atoms with Crippen LogP contribution >= 0.6 is 0 Å². The number of pyridine rings is 2. The summed E-state index contributed by atoms with van der Waals surface area (Å²) in [4.78, 5) is 24.4. The summed E-state index contributed by atoms with van der Waals surface area (Å²) in [5, 5.41) is 5.14. The van der Waals surface area contributed by atoms with Crippen LogP contribution in [0.5, 0.6) is 0 Å². The van der Waals surface area contributed by atoms with E-state index in [-0.39, 0.29) is 5.91 Å². The van der Waals surface area contributed by atoms with Crippen LogP contribution in [-0.4, -0.2) is 44.1 Å². The van der Waals surface area contributed by atoms with E-state index < -0.39 is 0 Å². The summed E-state index contributed by atoms with van der Waals surface area (Å²) < 4.78 is 1.74. The first kappa shape index (κ1) is 19.8. The van der Waals surface area contributed by atoms with Gasteiger partial charge in [0, 0.05) is 56.1 Å². The summed E-state index contributed by atoms with van der Waals surface area (Å²) in [6.45, 7) is 4.71. The van der Waals surface area contributed by atoms with Gasteiger partial charge in [-0.05, 0) is 43.2 Å². The van der Waals surface area contributed by atoms with Crippen LogP contribution in [0.4, 0.5) is 0 Å². The van der Waals surface area contributed by atoms with Gasteiger partial charge in [0.15, 0.2) is 0 Å². The lowest BCUT2D eigenvalue weighted by Gasteiger charge is -2.19. The van der Waals surface area contributed by atoms with Crippen LogP contribution in [0.2, 0.25) is 0 Å². The predicted molar refractivity (Wildman–Crippen MR) is 118 cm³/mol. The zero-order valence-corrected chi connectivity index (χ0v) is 17.8. The number of nitrogens with zero attached hydrogens (tertiary/aromatic N) is 5. The average Bonchev–Trinajstić information content (AvgIpc) is 3.20. The van der Waals surface area contributed by atoms with Crippen molar-refractivity contribution in [2.75, 3.05) is 13.6 Å². The van der Waals surface area contributed by atoms with Gasteiger partial charge < -0.3 is 4.90 Å². The number of fused-ring (bicyclic) bond motifs is 1. The molecule has 4 rings (SSSR count). The summed E-state index contributed by atoms with van der Waals surface area (Å²) in [6.07, 6.45) is 6.18. The number of benzene rings is 1. The predicted octanol–water partition coefficient (Wildman–Crippen LogP) is 3.96. The Balaban J connectivity index is 1.74. The standard InChI is InChI=1S/C24H25N5O/c1-16-8-9-20-21(24(30)28(3)12-10-19-7-5-6-11-25-19)13-22(27-23(20)17(16)2)18-14-26-29(4)15-18/h5-9,11,13-15H,10,12H2,1-4H3. The van der Waals surface area contributed by atoms with Crippen molar-refractivity contribution in [1.29, 1.82) is 0 Å². The molecule has 0 bridgehead atoms. The van der Waals surface area contributed by atoms with E-state index in [0.717, 1.165) is 39.0 Å². The molecule has 0 aliphatic heterocycles. The second-order valence-corrected chi connectivity index (χ2v) is 7.66. The molecule has 0 aliphatic rings. The van der Waals surface area contributed by atoms with Gasteiger partial charge in [-0.25, -0.2) is 4.98 Å². The Hall–Kier alpha value is -3.54. The first-order valence-corrected chi connectivity index (χ1v) is 9.99. The van der Waals surface area contributed by atoms with Crippen LogP contribution in [0, 0.1) is 13.8 Å². The van der Waals surface area contributed by atoms with Gasteiger partial charge >= 0.3 is 0 Å². The zero-order chi connectivity index (χ0) is 21.3. The SMILES string of the molecule is Cc1ccc2c(C(=O)N(C)CCc3ccccn3)cc(-c3cnn(C)c3)nc2c1C. The average molecular weight is 399 g/mol. The topological polar surface area (TPSA) is 63.9 Å². The van der Waals surface area contributed by atoms with Crippen LogP contribution in [0.1, 0.15) is 27.2 Å². The summed E-state index contributed by atoms with van der Waals surface area (Å²) in [5.74, 6) is -0.0216. The number of aromatic nitrogens is 4. The first-order valence-electron chi connectivity index (χ1n) is 9.99. The Morgan fingerprint density at radius 2 is 2.00 bits per heavy atom. The van der Waals surface area contributed by atoms with Crippen LogP contribution in [0.3, 0.4) is 0 Å². The van der Waals surface area contributed by atoms with Gasteiger partial charge in [0.25, 0.3) is 5.91 Å². The van der Waals surface area contributed by atoms with Gasteiger partial charge in [0.05, 0.1) is 23.0 Å². The highest BCUT2D eigenvalue weighted by Crippen LogP contribution is 2.28.